The highest BCUT2D eigenvalue weighted by molar-refractivity contribution is 7.89. The van der Waals surface area contributed by atoms with Crippen molar-refractivity contribution >= 4 is 21.4 Å². The number of piperidine rings is 1. The van der Waals surface area contributed by atoms with E-state index in [4.69, 9.17) is 4.74 Å². The number of rotatable bonds is 6. The van der Waals surface area contributed by atoms with Crippen molar-refractivity contribution in [1.82, 2.24) is 4.31 Å². The van der Waals surface area contributed by atoms with Crippen LogP contribution in [0.3, 0.4) is 0 Å². The lowest BCUT2D eigenvalue weighted by molar-refractivity contribution is 0.346. The predicted octanol–water partition coefficient (Wildman–Crippen LogP) is 3.95. The predicted molar refractivity (Wildman–Crippen MR) is 105 cm³/mol. The highest BCUT2D eigenvalue weighted by Crippen LogP contribution is 2.25. The zero-order valence-corrected chi connectivity index (χ0v) is 15.8. The van der Waals surface area contributed by atoms with Crippen molar-refractivity contribution in [2.45, 2.75) is 24.2 Å². The van der Waals surface area contributed by atoms with Crippen LogP contribution in [0.5, 0.6) is 5.75 Å². The standard InChI is InChI=1S/C20H24N2O3S/c1-16(21-18-9-7-10-19(15-18)25-2)17-8-6-11-20(14-17)26(23,24)22-12-4-3-5-13-22/h6-11,14-15,21H,1,3-5,12-13H2,2H3. The highest BCUT2D eigenvalue weighted by atomic mass is 32.2. The zero-order valence-electron chi connectivity index (χ0n) is 14.9. The molecule has 2 aromatic rings. The van der Waals surface area contributed by atoms with E-state index in [1.165, 1.54) is 0 Å². The summed E-state index contributed by atoms with van der Waals surface area (Å²) in [6.45, 7) is 5.24. The van der Waals surface area contributed by atoms with Crippen LogP contribution in [-0.4, -0.2) is 32.9 Å². The third-order valence-corrected chi connectivity index (χ3v) is 6.39. The van der Waals surface area contributed by atoms with Crippen molar-refractivity contribution in [3.8, 4) is 5.75 Å². The molecule has 0 atom stereocenters. The Balaban J connectivity index is 1.81. The van der Waals surface area contributed by atoms with Gasteiger partial charge in [0.25, 0.3) is 0 Å². The highest BCUT2D eigenvalue weighted by Gasteiger charge is 2.26. The zero-order chi connectivity index (χ0) is 18.6. The Morgan fingerprint density at radius 3 is 2.54 bits per heavy atom. The van der Waals surface area contributed by atoms with E-state index in [1.54, 1.807) is 29.6 Å². The maximum Gasteiger partial charge on any atom is 0.243 e. The van der Waals surface area contributed by atoms with Gasteiger partial charge in [-0.05, 0) is 42.7 Å². The fourth-order valence-corrected chi connectivity index (χ4v) is 4.61. The van der Waals surface area contributed by atoms with Crippen LogP contribution in [0, 0.1) is 0 Å². The number of nitrogens with one attached hydrogen (secondary N) is 1. The first kappa shape index (κ1) is 18.5. The summed E-state index contributed by atoms with van der Waals surface area (Å²) in [5.41, 5.74) is 2.21. The van der Waals surface area contributed by atoms with E-state index in [-0.39, 0.29) is 0 Å². The van der Waals surface area contributed by atoms with Gasteiger partial charge in [-0.3, -0.25) is 0 Å². The maximum atomic E-state index is 12.9. The van der Waals surface area contributed by atoms with Crippen LogP contribution >= 0.6 is 0 Å². The molecule has 0 aromatic heterocycles. The number of methoxy groups -OCH3 is 1. The second-order valence-corrected chi connectivity index (χ2v) is 8.27. The number of nitrogens with zero attached hydrogens (tertiary/aromatic N) is 1. The van der Waals surface area contributed by atoms with E-state index >= 15 is 0 Å². The SMILES string of the molecule is C=C(Nc1cccc(OC)c1)c1cccc(S(=O)(=O)N2CCCCC2)c1. The number of hydrogen-bond acceptors (Lipinski definition) is 4. The van der Waals surface area contributed by atoms with E-state index in [1.807, 2.05) is 30.3 Å². The normalized spacial score (nSPS) is 15.4. The maximum absolute atomic E-state index is 12.9. The van der Waals surface area contributed by atoms with Crippen LogP contribution in [0.25, 0.3) is 5.70 Å². The Kier molecular flexibility index (Phi) is 5.64. The minimum absolute atomic E-state index is 0.311. The number of anilines is 1. The van der Waals surface area contributed by atoms with Gasteiger partial charge in [0.15, 0.2) is 0 Å². The largest absolute Gasteiger partial charge is 0.497 e. The number of ether oxygens (including phenoxy) is 1. The first-order valence-corrected chi connectivity index (χ1v) is 10.2. The van der Waals surface area contributed by atoms with Crippen LogP contribution in [0.4, 0.5) is 5.69 Å². The van der Waals surface area contributed by atoms with E-state index in [2.05, 4.69) is 11.9 Å². The minimum Gasteiger partial charge on any atom is -0.497 e. The molecular weight excluding hydrogens is 348 g/mol. The molecule has 1 aliphatic heterocycles. The smallest absolute Gasteiger partial charge is 0.243 e. The summed E-state index contributed by atoms with van der Waals surface area (Å²) in [7, 11) is -1.84. The summed E-state index contributed by atoms with van der Waals surface area (Å²) in [5.74, 6) is 0.740. The van der Waals surface area contributed by atoms with Crippen molar-refractivity contribution in [1.29, 1.82) is 0 Å². The average Bonchev–Trinajstić information content (AvgIpc) is 2.69. The molecule has 1 N–H and O–H groups in total. The molecule has 6 heteroatoms. The second-order valence-electron chi connectivity index (χ2n) is 6.33. The van der Waals surface area contributed by atoms with Crippen molar-refractivity contribution in [3.05, 3.63) is 60.7 Å². The van der Waals surface area contributed by atoms with Gasteiger partial charge in [0, 0.05) is 30.5 Å². The van der Waals surface area contributed by atoms with E-state index in [9.17, 15) is 8.42 Å². The molecule has 0 unspecified atom stereocenters. The third-order valence-electron chi connectivity index (χ3n) is 4.50. The Hall–Kier alpha value is -2.31. The van der Waals surface area contributed by atoms with Crippen LogP contribution in [0.2, 0.25) is 0 Å². The fourth-order valence-electron chi connectivity index (χ4n) is 3.05. The lowest BCUT2D eigenvalue weighted by Crippen LogP contribution is -2.35. The molecule has 1 saturated heterocycles. The third kappa shape index (κ3) is 4.08. The monoisotopic (exact) mass is 372 g/mol. The first-order valence-electron chi connectivity index (χ1n) is 8.71. The van der Waals surface area contributed by atoms with Crippen LogP contribution in [0.1, 0.15) is 24.8 Å². The topological polar surface area (TPSA) is 58.6 Å². The lowest BCUT2D eigenvalue weighted by atomic mass is 10.1. The molecule has 1 aliphatic rings. The molecule has 0 amide bonds. The van der Waals surface area contributed by atoms with Gasteiger partial charge in [0.2, 0.25) is 10.0 Å². The molecule has 0 saturated carbocycles. The van der Waals surface area contributed by atoms with Gasteiger partial charge < -0.3 is 10.1 Å². The lowest BCUT2D eigenvalue weighted by Gasteiger charge is -2.26. The first-order chi connectivity index (χ1) is 12.5. The number of benzene rings is 2. The van der Waals surface area contributed by atoms with Gasteiger partial charge in [-0.1, -0.05) is 31.2 Å². The van der Waals surface area contributed by atoms with Gasteiger partial charge in [0.05, 0.1) is 12.0 Å². The molecule has 26 heavy (non-hydrogen) atoms. The van der Waals surface area contributed by atoms with Gasteiger partial charge in [-0.15, -0.1) is 0 Å². The fraction of sp³-hybridized carbons (Fsp3) is 0.300. The Morgan fingerprint density at radius 2 is 1.81 bits per heavy atom. The molecule has 1 heterocycles. The average molecular weight is 372 g/mol. The van der Waals surface area contributed by atoms with Gasteiger partial charge in [0.1, 0.15) is 5.75 Å². The summed E-state index contributed by atoms with van der Waals surface area (Å²) < 4.78 is 32.5. The van der Waals surface area contributed by atoms with Crippen molar-refractivity contribution in [3.63, 3.8) is 0 Å². The minimum atomic E-state index is -3.46. The molecule has 3 rings (SSSR count). The van der Waals surface area contributed by atoms with Gasteiger partial charge >= 0.3 is 0 Å². The quantitative estimate of drug-likeness (QED) is 0.834. The summed E-state index contributed by atoms with van der Waals surface area (Å²) in [4.78, 5) is 0.311. The van der Waals surface area contributed by atoms with E-state index < -0.39 is 10.0 Å². The Morgan fingerprint density at radius 1 is 1.08 bits per heavy atom. The summed E-state index contributed by atoms with van der Waals surface area (Å²) in [6, 6.07) is 14.4. The molecule has 2 aromatic carbocycles. The molecule has 0 radical (unpaired) electrons. The molecule has 138 valence electrons. The summed E-state index contributed by atoms with van der Waals surface area (Å²) in [5, 5.41) is 3.21. The molecule has 0 spiro atoms. The van der Waals surface area contributed by atoms with Crippen molar-refractivity contribution in [2.24, 2.45) is 0 Å². The van der Waals surface area contributed by atoms with Crippen LogP contribution in [0.15, 0.2) is 60.0 Å². The van der Waals surface area contributed by atoms with Gasteiger partial charge in [-0.2, -0.15) is 4.31 Å². The number of hydrogen-bond donors (Lipinski definition) is 1. The Bertz CT molecular complexity index is 887. The summed E-state index contributed by atoms with van der Waals surface area (Å²) in [6.07, 6.45) is 2.93. The van der Waals surface area contributed by atoms with E-state index in [0.29, 0.717) is 23.7 Å². The van der Waals surface area contributed by atoms with Gasteiger partial charge in [-0.25, -0.2) is 8.42 Å². The molecule has 1 fully saturated rings. The van der Waals surface area contributed by atoms with E-state index in [0.717, 1.165) is 36.3 Å². The van der Waals surface area contributed by atoms with Crippen molar-refractivity contribution < 1.29 is 13.2 Å². The molecule has 0 aliphatic carbocycles. The molecule has 0 bridgehead atoms. The Labute approximate surface area is 155 Å². The molecular formula is C20H24N2O3S. The second kappa shape index (κ2) is 7.93. The van der Waals surface area contributed by atoms with Crippen LogP contribution < -0.4 is 10.1 Å². The summed E-state index contributed by atoms with van der Waals surface area (Å²) >= 11 is 0. The number of sulfonamides is 1. The van der Waals surface area contributed by atoms with Crippen LogP contribution in [-0.2, 0) is 10.0 Å². The molecule has 5 nitrogen and oxygen atoms in total. The van der Waals surface area contributed by atoms with Crippen molar-refractivity contribution in [2.75, 3.05) is 25.5 Å².